The molecule has 1 aromatic heterocycles. The van der Waals surface area contributed by atoms with E-state index in [9.17, 15) is 0 Å². The van der Waals surface area contributed by atoms with Crippen LogP contribution in [0.1, 0.15) is 19.4 Å². The lowest BCUT2D eigenvalue weighted by Crippen LogP contribution is -2.54. The number of rotatable bonds is 2. The minimum absolute atomic E-state index is 0.118. The van der Waals surface area contributed by atoms with Gasteiger partial charge in [0.25, 0.3) is 0 Å². The van der Waals surface area contributed by atoms with Gasteiger partial charge in [-0.25, -0.2) is 4.98 Å². The molecule has 2 aliphatic heterocycles. The number of fused-ring (bicyclic) bond motifs is 5. The van der Waals surface area contributed by atoms with Crippen LogP contribution in [0.2, 0.25) is 0 Å². The Bertz CT molecular complexity index is 1010. The van der Waals surface area contributed by atoms with Gasteiger partial charge in [-0.05, 0) is 35.9 Å². The molecule has 3 heteroatoms. The molecule has 3 unspecified atom stereocenters. The number of anilines is 4. The number of pyridine rings is 1. The van der Waals surface area contributed by atoms with E-state index < -0.39 is 0 Å². The van der Waals surface area contributed by atoms with Crippen LogP contribution in [0.4, 0.5) is 22.9 Å². The zero-order valence-corrected chi connectivity index (χ0v) is 15.7. The number of nitrogens with zero attached hydrogens (tertiary/aromatic N) is 3. The van der Waals surface area contributed by atoms with E-state index in [1.807, 2.05) is 12.3 Å². The summed E-state index contributed by atoms with van der Waals surface area (Å²) in [6.45, 7) is 8.85. The van der Waals surface area contributed by atoms with Crippen molar-refractivity contribution in [2.45, 2.75) is 25.4 Å². The highest BCUT2D eigenvalue weighted by atomic mass is 15.5. The Kier molecular flexibility index (Phi) is 3.41. The van der Waals surface area contributed by atoms with Crippen molar-refractivity contribution < 1.29 is 0 Å². The quantitative estimate of drug-likeness (QED) is 0.544. The monoisotopic (exact) mass is 353 g/mol. The van der Waals surface area contributed by atoms with Crippen LogP contribution in [-0.4, -0.2) is 11.1 Å². The Labute approximate surface area is 160 Å². The molecular weight excluding hydrogens is 330 g/mol. The first-order valence-corrected chi connectivity index (χ1v) is 9.48. The molecule has 0 bridgehead atoms. The topological polar surface area (TPSA) is 19.4 Å². The van der Waals surface area contributed by atoms with Crippen molar-refractivity contribution in [1.29, 1.82) is 0 Å². The third-order valence-corrected chi connectivity index (χ3v) is 6.38. The summed E-state index contributed by atoms with van der Waals surface area (Å²) < 4.78 is 0. The van der Waals surface area contributed by atoms with Gasteiger partial charge in [0, 0.05) is 28.9 Å². The van der Waals surface area contributed by atoms with Crippen molar-refractivity contribution in [2.75, 3.05) is 9.80 Å². The van der Waals surface area contributed by atoms with Gasteiger partial charge in [-0.2, -0.15) is 0 Å². The van der Waals surface area contributed by atoms with Gasteiger partial charge in [0.05, 0.1) is 5.69 Å². The zero-order valence-electron chi connectivity index (χ0n) is 15.7. The molecule has 134 valence electrons. The molecule has 0 amide bonds. The predicted octanol–water partition coefficient (Wildman–Crippen LogP) is 5.79. The second kappa shape index (κ2) is 5.71. The van der Waals surface area contributed by atoms with Crippen LogP contribution in [-0.2, 0) is 5.41 Å². The third kappa shape index (κ3) is 2.05. The van der Waals surface area contributed by atoms with Gasteiger partial charge in [0.2, 0.25) is 0 Å². The SMILES string of the molecule is C=CC1(C)c2ccccc2N2c3ncccc3N(c3ccccc3)C2C1C. The van der Waals surface area contributed by atoms with E-state index in [2.05, 4.69) is 97.0 Å². The lowest BCUT2D eigenvalue weighted by atomic mass is 9.68. The number of hydrogen-bond donors (Lipinski definition) is 0. The Balaban J connectivity index is 1.81. The summed E-state index contributed by atoms with van der Waals surface area (Å²) in [5.74, 6) is 1.34. The van der Waals surface area contributed by atoms with Crippen LogP contribution < -0.4 is 9.80 Å². The van der Waals surface area contributed by atoms with Crippen molar-refractivity contribution in [3.05, 3.63) is 91.1 Å². The first-order valence-electron chi connectivity index (χ1n) is 9.48. The Morgan fingerprint density at radius 3 is 2.41 bits per heavy atom. The minimum Gasteiger partial charge on any atom is -0.317 e. The third-order valence-electron chi connectivity index (χ3n) is 6.38. The molecule has 0 saturated heterocycles. The van der Waals surface area contributed by atoms with Gasteiger partial charge in [0.1, 0.15) is 6.17 Å². The van der Waals surface area contributed by atoms with Crippen molar-refractivity contribution in [3.8, 4) is 0 Å². The fourth-order valence-electron chi connectivity index (χ4n) is 4.72. The number of aromatic nitrogens is 1. The van der Waals surface area contributed by atoms with Crippen molar-refractivity contribution in [1.82, 2.24) is 4.98 Å². The van der Waals surface area contributed by atoms with Gasteiger partial charge < -0.3 is 9.80 Å². The number of para-hydroxylation sites is 2. The maximum Gasteiger partial charge on any atom is 0.158 e. The molecule has 3 nitrogen and oxygen atoms in total. The first kappa shape index (κ1) is 16.1. The van der Waals surface area contributed by atoms with E-state index in [0.29, 0.717) is 5.92 Å². The maximum atomic E-state index is 4.78. The molecule has 0 N–H and O–H groups in total. The molecule has 3 atom stereocenters. The number of benzene rings is 2. The van der Waals surface area contributed by atoms with E-state index in [0.717, 1.165) is 11.5 Å². The predicted molar refractivity (Wildman–Crippen MR) is 112 cm³/mol. The molecule has 2 aromatic carbocycles. The van der Waals surface area contributed by atoms with Crippen molar-refractivity contribution >= 4 is 22.9 Å². The lowest BCUT2D eigenvalue weighted by molar-refractivity contribution is 0.312. The summed E-state index contributed by atoms with van der Waals surface area (Å²) in [6.07, 6.45) is 4.15. The van der Waals surface area contributed by atoms with Crippen molar-refractivity contribution in [3.63, 3.8) is 0 Å². The number of hydrogen-bond acceptors (Lipinski definition) is 3. The van der Waals surface area contributed by atoms with E-state index >= 15 is 0 Å². The van der Waals surface area contributed by atoms with Crippen LogP contribution in [0.25, 0.3) is 0 Å². The average molecular weight is 353 g/mol. The molecule has 0 saturated carbocycles. The Hall–Kier alpha value is -3.07. The fraction of sp³-hybridized carbons (Fsp3) is 0.208. The second-order valence-corrected chi connectivity index (χ2v) is 7.63. The van der Waals surface area contributed by atoms with Crippen LogP contribution in [0.5, 0.6) is 0 Å². The minimum atomic E-state index is -0.118. The van der Waals surface area contributed by atoms with Crippen LogP contribution in [0.3, 0.4) is 0 Å². The molecule has 0 fully saturated rings. The van der Waals surface area contributed by atoms with Crippen LogP contribution >= 0.6 is 0 Å². The normalized spacial score (nSPS) is 25.6. The van der Waals surface area contributed by atoms with Gasteiger partial charge in [-0.3, -0.25) is 0 Å². The molecule has 3 heterocycles. The summed E-state index contributed by atoms with van der Waals surface area (Å²) in [4.78, 5) is 9.63. The van der Waals surface area contributed by atoms with Crippen LogP contribution in [0.15, 0.2) is 85.6 Å². The average Bonchev–Trinajstić information content (AvgIpc) is 3.08. The molecule has 27 heavy (non-hydrogen) atoms. The van der Waals surface area contributed by atoms with E-state index in [4.69, 9.17) is 4.98 Å². The van der Waals surface area contributed by atoms with Gasteiger partial charge >= 0.3 is 0 Å². The van der Waals surface area contributed by atoms with Gasteiger partial charge in [0.15, 0.2) is 5.82 Å². The van der Waals surface area contributed by atoms with Gasteiger partial charge in [-0.15, -0.1) is 6.58 Å². The summed E-state index contributed by atoms with van der Waals surface area (Å²) in [7, 11) is 0. The Morgan fingerprint density at radius 1 is 0.926 bits per heavy atom. The molecular formula is C24H23N3. The van der Waals surface area contributed by atoms with Crippen LogP contribution in [0, 0.1) is 5.92 Å². The smallest absolute Gasteiger partial charge is 0.158 e. The summed E-state index contributed by atoms with van der Waals surface area (Å²) >= 11 is 0. The second-order valence-electron chi connectivity index (χ2n) is 7.63. The lowest BCUT2D eigenvalue weighted by Gasteiger charge is -2.49. The molecule has 0 spiro atoms. The molecule has 0 aliphatic carbocycles. The highest BCUT2D eigenvalue weighted by molar-refractivity contribution is 5.88. The fourth-order valence-corrected chi connectivity index (χ4v) is 4.72. The molecule has 2 aliphatic rings. The summed E-state index contributed by atoms with van der Waals surface area (Å²) in [6, 6.07) is 23.5. The summed E-state index contributed by atoms with van der Waals surface area (Å²) in [5.41, 5.74) is 4.77. The number of allylic oxidation sites excluding steroid dienone is 1. The largest absolute Gasteiger partial charge is 0.317 e. The van der Waals surface area contributed by atoms with Gasteiger partial charge in [-0.1, -0.05) is 56.3 Å². The highest BCUT2D eigenvalue weighted by Gasteiger charge is 2.52. The van der Waals surface area contributed by atoms with E-state index in [1.165, 1.54) is 16.9 Å². The van der Waals surface area contributed by atoms with E-state index in [-0.39, 0.29) is 11.6 Å². The van der Waals surface area contributed by atoms with E-state index in [1.54, 1.807) is 0 Å². The standard InChI is InChI=1S/C24H23N3/c1-4-24(3)17(2)23-26(18-11-6-5-7-12-18)21-15-10-16-25-22(21)27(23)20-14-9-8-13-19(20)24/h4-17,23H,1H2,2-3H3. The molecule has 5 rings (SSSR count). The zero-order chi connectivity index (χ0) is 18.6. The summed E-state index contributed by atoms with van der Waals surface area (Å²) in [5, 5.41) is 0. The molecule has 3 aromatic rings. The Morgan fingerprint density at radius 2 is 1.63 bits per heavy atom. The first-order chi connectivity index (χ1) is 13.2. The highest BCUT2D eigenvalue weighted by Crippen LogP contribution is 2.57. The molecule has 0 radical (unpaired) electrons. The maximum absolute atomic E-state index is 4.78. The van der Waals surface area contributed by atoms with Crippen molar-refractivity contribution in [2.24, 2.45) is 5.92 Å².